The van der Waals surface area contributed by atoms with Crippen molar-refractivity contribution < 1.29 is 13.6 Å². The molecule has 0 radical (unpaired) electrons. The van der Waals surface area contributed by atoms with E-state index in [9.17, 15) is 13.6 Å². The Balaban J connectivity index is 2.10. The third kappa shape index (κ3) is 2.60. The van der Waals surface area contributed by atoms with Gasteiger partial charge in [-0.3, -0.25) is 9.78 Å². The van der Waals surface area contributed by atoms with Gasteiger partial charge in [0.15, 0.2) is 0 Å². The molecular weight excluding hydrogens is 226 g/mol. The van der Waals surface area contributed by atoms with Crippen LogP contribution in [0.25, 0.3) is 0 Å². The third-order valence-electron chi connectivity index (χ3n) is 3.05. The van der Waals surface area contributed by atoms with Crippen LogP contribution in [0.2, 0.25) is 0 Å². The van der Waals surface area contributed by atoms with E-state index in [-0.39, 0.29) is 31.8 Å². The SMILES string of the molecule is Cc1ccncc1C(=O)N1CCC(F)(F)CC1. The molecule has 1 fully saturated rings. The molecule has 5 heteroatoms. The summed E-state index contributed by atoms with van der Waals surface area (Å²) in [6.07, 6.45) is 2.59. The van der Waals surface area contributed by atoms with Crippen LogP contribution < -0.4 is 0 Å². The number of alkyl halides is 2. The van der Waals surface area contributed by atoms with Crippen molar-refractivity contribution in [3.05, 3.63) is 29.6 Å². The second-order valence-corrected chi connectivity index (χ2v) is 4.34. The standard InChI is InChI=1S/C12H14F2N2O/c1-9-2-5-15-8-10(9)11(17)16-6-3-12(13,14)4-7-16/h2,5,8H,3-4,6-7H2,1H3. The molecule has 0 spiro atoms. The maximum atomic E-state index is 13.0. The molecule has 0 N–H and O–H groups in total. The van der Waals surface area contributed by atoms with E-state index >= 15 is 0 Å². The fourth-order valence-corrected chi connectivity index (χ4v) is 1.90. The van der Waals surface area contributed by atoms with E-state index in [1.165, 1.54) is 11.1 Å². The monoisotopic (exact) mass is 240 g/mol. The Morgan fingerprint density at radius 2 is 2.06 bits per heavy atom. The van der Waals surface area contributed by atoms with Crippen molar-refractivity contribution >= 4 is 5.91 Å². The van der Waals surface area contributed by atoms with Crippen molar-refractivity contribution in [1.82, 2.24) is 9.88 Å². The average molecular weight is 240 g/mol. The van der Waals surface area contributed by atoms with Crippen molar-refractivity contribution in [2.24, 2.45) is 0 Å². The molecule has 1 aliphatic heterocycles. The number of carbonyl (C=O) groups is 1. The largest absolute Gasteiger partial charge is 0.338 e. The summed E-state index contributed by atoms with van der Waals surface area (Å²) in [6.45, 7) is 2.04. The molecule has 92 valence electrons. The Morgan fingerprint density at radius 1 is 1.41 bits per heavy atom. The molecule has 0 bridgehead atoms. The maximum Gasteiger partial charge on any atom is 0.255 e. The number of amides is 1. The summed E-state index contributed by atoms with van der Waals surface area (Å²) >= 11 is 0. The molecule has 1 aromatic heterocycles. The molecular formula is C12H14F2N2O. The second-order valence-electron chi connectivity index (χ2n) is 4.34. The predicted octanol–water partition coefficient (Wildman–Crippen LogP) is 2.26. The van der Waals surface area contributed by atoms with E-state index in [0.29, 0.717) is 5.56 Å². The van der Waals surface area contributed by atoms with Gasteiger partial charge in [-0.15, -0.1) is 0 Å². The highest BCUT2D eigenvalue weighted by Crippen LogP contribution is 2.28. The van der Waals surface area contributed by atoms with Crippen molar-refractivity contribution in [2.75, 3.05) is 13.1 Å². The molecule has 2 rings (SSSR count). The average Bonchev–Trinajstić information content (AvgIpc) is 2.29. The van der Waals surface area contributed by atoms with Crippen molar-refractivity contribution in [3.63, 3.8) is 0 Å². The summed E-state index contributed by atoms with van der Waals surface area (Å²) in [5, 5.41) is 0. The van der Waals surface area contributed by atoms with Gasteiger partial charge in [0.25, 0.3) is 11.8 Å². The fraction of sp³-hybridized carbons (Fsp3) is 0.500. The molecule has 0 unspecified atom stereocenters. The van der Waals surface area contributed by atoms with Gasteiger partial charge in [-0.1, -0.05) is 0 Å². The van der Waals surface area contributed by atoms with Gasteiger partial charge < -0.3 is 4.90 Å². The zero-order chi connectivity index (χ0) is 12.5. The first-order valence-electron chi connectivity index (χ1n) is 5.57. The van der Waals surface area contributed by atoms with Crippen LogP contribution in [0.15, 0.2) is 18.5 Å². The molecule has 0 saturated carbocycles. The van der Waals surface area contributed by atoms with E-state index in [2.05, 4.69) is 4.98 Å². The highest BCUT2D eigenvalue weighted by molar-refractivity contribution is 5.95. The first-order valence-corrected chi connectivity index (χ1v) is 5.57. The Kier molecular flexibility index (Phi) is 3.09. The van der Waals surface area contributed by atoms with Gasteiger partial charge in [-0.05, 0) is 18.6 Å². The Hall–Kier alpha value is -1.52. The van der Waals surface area contributed by atoms with Gasteiger partial charge in [0.1, 0.15) is 0 Å². The second kappa shape index (κ2) is 4.39. The van der Waals surface area contributed by atoms with Gasteiger partial charge in [-0.2, -0.15) is 0 Å². The Bertz CT molecular complexity index is 424. The van der Waals surface area contributed by atoms with E-state index < -0.39 is 5.92 Å². The number of aromatic nitrogens is 1. The zero-order valence-electron chi connectivity index (χ0n) is 9.62. The summed E-state index contributed by atoms with van der Waals surface area (Å²) in [4.78, 5) is 17.4. The minimum atomic E-state index is -2.62. The van der Waals surface area contributed by atoms with Crippen LogP contribution >= 0.6 is 0 Å². The van der Waals surface area contributed by atoms with Crippen LogP contribution in [-0.2, 0) is 0 Å². The molecule has 17 heavy (non-hydrogen) atoms. The van der Waals surface area contributed by atoms with Crippen LogP contribution in [0.5, 0.6) is 0 Å². The lowest BCUT2D eigenvalue weighted by Crippen LogP contribution is -2.42. The lowest BCUT2D eigenvalue weighted by atomic mass is 10.0. The Labute approximate surface area is 98.5 Å². The normalized spacial score (nSPS) is 19.1. The summed E-state index contributed by atoms with van der Waals surface area (Å²) < 4.78 is 25.9. The summed E-state index contributed by atoms with van der Waals surface area (Å²) in [6, 6.07) is 1.74. The summed E-state index contributed by atoms with van der Waals surface area (Å²) in [5.74, 6) is -2.83. The molecule has 1 aromatic rings. The maximum absolute atomic E-state index is 13.0. The minimum Gasteiger partial charge on any atom is -0.338 e. The van der Waals surface area contributed by atoms with Gasteiger partial charge in [0.2, 0.25) is 0 Å². The first kappa shape index (κ1) is 12.0. The number of halogens is 2. The fourth-order valence-electron chi connectivity index (χ4n) is 1.90. The predicted molar refractivity (Wildman–Crippen MR) is 59.1 cm³/mol. The molecule has 1 aliphatic rings. The molecule has 0 atom stereocenters. The van der Waals surface area contributed by atoms with Gasteiger partial charge in [0.05, 0.1) is 5.56 Å². The van der Waals surface area contributed by atoms with Crippen molar-refractivity contribution in [1.29, 1.82) is 0 Å². The van der Waals surface area contributed by atoms with Gasteiger partial charge in [-0.25, -0.2) is 8.78 Å². The number of carbonyl (C=O) groups excluding carboxylic acids is 1. The van der Waals surface area contributed by atoms with Crippen LogP contribution in [0.1, 0.15) is 28.8 Å². The molecule has 0 aromatic carbocycles. The smallest absolute Gasteiger partial charge is 0.255 e. The minimum absolute atomic E-state index is 0.111. The molecule has 0 aliphatic carbocycles. The van der Waals surface area contributed by atoms with Crippen molar-refractivity contribution in [2.45, 2.75) is 25.7 Å². The lowest BCUT2D eigenvalue weighted by Gasteiger charge is -2.32. The summed E-state index contributed by atoms with van der Waals surface area (Å²) in [7, 11) is 0. The van der Waals surface area contributed by atoms with Crippen LogP contribution in [0.4, 0.5) is 8.78 Å². The van der Waals surface area contributed by atoms with E-state index in [0.717, 1.165) is 5.56 Å². The van der Waals surface area contributed by atoms with Gasteiger partial charge in [0, 0.05) is 38.3 Å². The van der Waals surface area contributed by atoms with Crippen molar-refractivity contribution in [3.8, 4) is 0 Å². The number of hydrogen-bond donors (Lipinski definition) is 0. The highest BCUT2D eigenvalue weighted by Gasteiger charge is 2.35. The van der Waals surface area contributed by atoms with Gasteiger partial charge >= 0.3 is 0 Å². The van der Waals surface area contributed by atoms with Crippen LogP contribution in [-0.4, -0.2) is 34.8 Å². The van der Waals surface area contributed by atoms with E-state index in [1.807, 2.05) is 6.92 Å². The number of rotatable bonds is 1. The Morgan fingerprint density at radius 3 is 2.65 bits per heavy atom. The molecule has 1 saturated heterocycles. The number of aryl methyl sites for hydroxylation is 1. The highest BCUT2D eigenvalue weighted by atomic mass is 19.3. The zero-order valence-corrected chi connectivity index (χ0v) is 9.62. The third-order valence-corrected chi connectivity index (χ3v) is 3.05. The van der Waals surface area contributed by atoms with Crippen LogP contribution in [0, 0.1) is 6.92 Å². The number of likely N-dealkylation sites (tertiary alicyclic amines) is 1. The number of pyridine rings is 1. The summed E-state index contributed by atoms with van der Waals surface area (Å²) in [5.41, 5.74) is 1.32. The number of nitrogens with zero attached hydrogens (tertiary/aromatic N) is 2. The lowest BCUT2D eigenvalue weighted by molar-refractivity contribution is -0.0494. The molecule has 3 nitrogen and oxygen atoms in total. The molecule has 2 heterocycles. The molecule has 1 amide bonds. The quantitative estimate of drug-likeness (QED) is 0.754. The van der Waals surface area contributed by atoms with E-state index in [4.69, 9.17) is 0 Å². The van der Waals surface area contributed by atoms with Crippen LogP contribution in [0.3, 0.4) is 0 Å². The number of piperidine rings is 1. The topological polar surface area (TPSA) is 33.2 Å². The first-order chi connectivity index (χ1) is 7.99. The van der Waals surface area contributed by atoms with E-state index in [1.54, 1.807) is 12.3 Å². The number of hydrogen-bond acceptors (Lipinski definition) is 2.